The van der Waals surface area contributed by atoms with Crippen LogP contribution in [0.3, 0.4) is 0 Å². The van der Waals surface area contributed by atoms with Crippen molar-refractivity contribution in [3.05, 3.63) is 0 Å². The Bertz CT molecular complexity index is 429. The molecule has 5 nitrogen and oxygen atoms in total. The van der Waals surface area contributed by atoms with Gasteiger partial charge in [-0.2, -0.15) is 13.2 Å². The summed E-state index contributed by atoms with van der Waals surface area (Å²) in [6.45, 7) is -0.909. The number of aliphatic carboxylic acids is 1. The van der Waals surface area contributed by atoms with Crippen molar-refractivity contribution in [2.75, 3.05) is 19.6 Å². The number of carbonyl (C=O) groups is 2. The van der Waals surface area contributed by atoms with Gasteiger partial charge in [-0.15, -0.1) is 0 Å². The monoisotopic (exact) mass is 294 g/mol. The highest BCUT2D eigenvalue weighted by atomic mass is 19.4. The first-order chi connectivity index (χ1) is 9.18. The summed E-state index contributed by atoms with van der Waals surface area (Å²) in [6.07, 6.45) is -3.53. The van der Waals surface area contributed by atoms with Gasteiger partial charge in [-0.1, -0.05) is 6.42 Å². The van der Waals surface area contributed by atoms with Crippen LogP contribution >= 0.6 is 0 Å². The molecule has 0 aromatic carbocycles. The SMILES string of the molecule is NCC1(C(=O)N2CCC(C(=O)O)(C(F)(F)F)C2)CCC1. The molecule has 1 saturated carbocycles. The fourth-order valence-electron chi connectivity index (χ4n) is 2.95. The van der Waals surface area contributed by atoms with Gasteiger partial charge in [0.05, 0.1) is 5.41 Å². The number of hydrogen-bond acceptors (Lipinski definition) is 3. The van der Waals surface area contributed by atoms with E-state index < -0.39 is 41.8 Å². The predicted molar refractivity (Wildman–Crippen MR) is 62.7 cm³/mol. The molecule has 1 amide bonds. The van der Waals surface area contributed by atoms with Crippen molar-refractivity contribution >= 4 is 11.9 Å². The third kappa shape index (κ3) is 1.97. The zero-order valence-electron chi connectivity index (χ0n) is 10.9. The van der Waals surface area contributed by atoms with Gasteiger partial charge in [0, 0.05) is 19.6 Å². The van der Waals surface area contributed by atoms with Crippen LogP contribution in [0.5, 0.6) is 0 Å². The van der Waals surface area contributed by atoms with Crippen LogP contribution in [0, 0.1) is 10.8 Å². The minimum absolute atomic E-state index is 0.0917. The van der Waals surface area contributed by atoms with E-state index in [1.54, 1.807) is 0 Å². The Balaban J connectivity index is 2.19. The van der Waals surface area contributed by atoms with E-state index >= 15 is 0 Å². The Morgan fingerprint density at radius 3 is 2.15 bits per heavy atom. The largest absolute Gasteiger partial charge is 0.481 e. The summed E-state index contributed by atoms with van der Waals surface area (Å²) in [6, 6.07) is 0. The Hall–Kier alpha value is -1.31. The van der Waals surface area contributed by atoms with Crippen molar-refractivity contribution in [1.82, 2.24) is 4.90 Å². The summed E-state index contributed by atoms with van der Waals surface area (Å²) in [4.78, 5) is 24.4. The van der Waals surface area contributed by atoms with Crippen molar-refractivity contribution in [3.8, 4) is 0 Å². The molecule has 1 unspecified atom stereocenters. The van der Waals surface area contributed by atoms with Crippen molar-refractivity contribution < 1.29 is 27.9 Å². The summed E-state index contributed by atoms with van der Waals surface area (Å²) >= 11 is 0. The molecular weight excluding hydrogens is 277 g/mol. The lowest BCUT2D eigenvalue weighted by Gasteiger charge is -2.42. The number of carboxylic acids is 1. The lowest BCUT2D eigenvalue weighted by atomic mass is 9.68. The second-order valence-corrected chi connectivity index (χ2v) is 5.70. The Morgan fingerprint density at radius 1 is 1.25 bits per heavy atom. The van der Waals surface area contributed by atoms with E-state index in [0.717, 1.165) is 11.3 Å². The molecule has 3 N–H and O–H groups in total. The van der Waals surface area contributed by atoms with Gasteiger partial charge in [0.15, 0.2) is 5.41 Å². The summed E-state index contributed by atoms with van der Waals surface area (Å²) in [5.41, 5.74) is 1.94. The zero-order valence-corrected chi connectivity index (χ0v) is 10.9. The van der Waals surface area contributed by atoms with Gasteiger partial charge < -0.3 is 15.7 Å². The van der Waals surface area contributed by atoms with Crippen molar-refractivity contribution in [1.29, 1.82) is 0 Å². The van der Waals surface area contributed by atoms with E-state index in [1.807, 2.05) is 0 Å². The van der Waals surface area contributed by atoms with Crippen LogP contribution in [0.1, 0.15) is 25.7 Å². The average Bonchev–Trinajstić information content (AvgIpc) is 2.73. The van der Waals surface area contributed by atoms with Gasteiger partial charge in [-0.3, -0.25) is 9.59 Å². The molecule has 1 saturated heterocycles. The van der Waals surface area contributed by atoms with Gasteiger partial charge in [-0.25, -0.2) is 0 Å². The summed E-state index contributed by atoms with van der Waals surface area (Å²) < 4.78 is 39.1. The van der Waals surface area contributed by atoms with Crippen LogP contribution in [0.15, 0.2) is 0 Å². The fraction of sp³-hybridized carbons (Fsp3) is 0.833. The van der Waals surface area contributed by atoms with Crippen LogP contribution < -0.4 is 5.73 Å². The van der Waals surface area contributed by atoms with Crippen molar-refractivity contribution in [2.24, 2.45) is 16.6 Å². The molecule has 8 heteroatoms. The minimum Gasteiger partial charge on any atom is -0.481 e. The van der Waals surface area contributed by atoms with Crippen LogP contribution in [0.2, 0.25) is 0 Å². The molecule has 1 atom stereocenters. The average molecular weight is 294 g/mol. The van der Waals surface area contributed by atoms with Crippen molar-refractivity contribution in [2.45, 2.75) is 31.9 Å². The molecule has 0 aromatic heterocycles. The van der Waals surface area contributed by atoms with Crippen molar-refractivity contribution in [3.63, 3.8) is 0 Å². The lowest BCUT2D eigenvalue weighted by Crippen LogP contribution is -2.53. The number of hydrogen-bond donors (Lipinski definition) is 2. The molecular formula is C12H17F3N2O3. The summed E-state index contributed by atoms with van der Waals surface area (Å²) in [5, 5.41) is 8.95. The standard InChI is InChI=1S/C12H17F3N2O3/c13-12(14,15)11(9(19)20)4-5-17(7-11)8(18)10(6-16)2-1-3-10/h1-7,16H2,(H,19,20). The molecule has 2 rings (SSSR count). The number of carbonyl (C=O) groups excluding carboxylic acids is 1. The number of nitrogens with two attached hydrogens (primary N) is 1. The molecule has 20 heavy (non-hydrogen) atoms. The highest BCUT2D eigenvalue weighted by molar-refractivity contribution is 5.86. The Kier molecular flexibility index (Phi) is 3.48. The number of likely N-dealkylation sites (tertiary alicyclic amines) is 1. The lowest BCUT2D eigenvalue weighted by molar-refractivity contribution is -0.227. The molecule has 0 spiro atoms. The highest BCUT2D eigenvalue weighted by Crippen LogP contribution is 2.48. The molecule has 2 fully saturated rings. The van der Waals surface area contributed by atoms with E-state index in [-0.39, 0.29) is 13.1 Å². The first-order valence-corrected chi connectivity index (χ1v) is 6.48. The molecule has 2 aliphatic rings. The van der Waals surface area contributed by atoms with E-state index in [1.165, 1.54) is 0 Å². The summed E-state index contributed by atoms with van der Waals surface area (Å²) in [7, 11) is 0. The normalized spacial score (nSPS) is 29.1. The zero-order chi connectivity index (χ0) is 15.2. The first-order valence-electron chi connectivity index (χ1n) is 6.48. The maximum absolute atomic E-state index is 13.0. The van der Waals surface area contributed by atoms with Crippen LogP contribution in [0.4, 0.5) is 13.2 Å². The van der Waals surface area contributed by atoms with E-state index in [9.17, 15) is 22.8 Å². The van der Waals surface area contributed by atoms with Gasteiger partial charge in [0.25, 0.3) is 0 Å². The first kappa shape index (κ1) is 15.1. The number of halogens is 3. The van der Waals surface area contributed by atoms with Crippen LogP contribution in [-0.2, 0) is 9.59 Å². The van der Waals surface area contributed by atoms with Gasteiger partial charge in [-0.05, 0) is 19.3 Å². The smallest absolute Gasteiger partial charge is 0.406 e. The number of carboxylic acid groups (broad SMARTS) is 1. The maximum atomic E-state index is 13.0. The molecule has 114 valence electrons. The quantitative estimate of drug-likeness (QED) is 0.812. The molecule has 0 bridgehead atoms. The number of alkyl halides is 3. The second-order valence-electron chi connectivity index (χ2n) is 5.70. The molecule has 1 aliphatic heterocycles. The molecule has 1 heterocycles. The Labute approximate surface area is 113 Å². The number of nitrogens with zero attached hydrogens (tertiary/aromatic N) is 1. The number of rotatable bonds is 3. The second kappa shape index (κ2) is 4.61. The molecule has 0 radical (unpaired) electrons. The van der Waals surface area contributed by atoms with Crippen LogP contribution in [-0.4, -0.2) is 47.7 Å². The Morgan fingerprint density at radius 2 is 1.85 bits per heavy atom. The molecule has 0 aromatic rings. The summed E-state index contributed by atoms with van der Waals surface area (Å²) in [5.74, 6) is -2.35. The third-order valence-corrected chi connectivity index (χ3v) is 4.66. The van der Waals surface area contributed by atoms with E-state index in [4.69, 9.17) is 10.8 Å². The minimum atomic E-state index is -4.87. The number of amides is 1. The van der Waals surface area contributed by atoms with Gasteiger partial charge in [0.1, 0.15) is 0 Å². The predicted octanol–water partition coefficient (Wildman–Crippen LogP) is 0.981. The third-order valence-electron chi connectivity index (χ3n) is 4.66. The van der Waals surface area contributed by atoms with Crippen LogP contribution in [0.25, 0.3) is 0 Å². The topological polar surface area (TPSA) is 83.6 Å². The highest BCUT2D eigenvalue weighted by Gasteiger charge is 2.65. The van der Waals surface area contributed by atoms with E-state index in [2.05, 4.69) is 0 Å². The maximum Gasteiger partial charge on any atom is 0.406 e. The van der Waals surface area contributed by atoms with E-state index in [0.29, 0.717) is 12.8 Å². The molecule has 1 aliphatic carbocycles. The van der Waals surface area contributed by atoms with Gasteiger partial charge in [0.2, 0.25) is 5.91 Å². The van der Waals surface area contributed by atoms with Gasteiger partial charge >= 0.3 is 12.1 Å². The fourth-order valence-corrected chi connectivity index (χ4v) is 2.95.